The number of amides is 1. The number of rotatable bonds is 4. The Morgan fingerprint density at radius 3 is 3.24 bits per heavy atom. The lowest BCUT2D eigenvalue weighted by Crippen LogP contribution is -2.31. The highest BCUT2D eigenvalue weighted by molar-refractivity contribution is 8.00. The predicted octanol–water partition coefficient (Wildman–Crippen LogP) is 2.41. The molecule has 4 nitrogen and oxygen atoms in total. The number of thiophene rings is 1. The van der Waals surface area contributed by atoms with Crippen LogP contribution >= 0.6 is 23.1 Å². The van der Waals surface area contributed by atoms with E-state index in [1.54, 1.807) is 17.7 Å². The van der Waals surface area contributed by atoms with E-state index in [9.17, 15) is 4.79 Å². The van der Waals surface area contributed by atoms with Gasteiger partial charge in [0.05, 0.1) is 11.8 Å². The van der Waals surface area contributed by atoms with Crippen LogP contribution in [0.25, 0.3) is 10.2 Å². The quantitative estimate of drug-likeness (QED) is 0.534. The van der Waals surface area contributed by atoms with Crippen LogP contribution in [0.15, 0.2) is 11.4 Å². The van der Waals surface area contributed by atoms with Gasteiger partial charge >= 0.3 is 0 Å². The van der Waals surface area contributed by atoms with E-state index in [1.807, 2.05) is 6.92 Å². The van der Waals surface area contributed by atoms with Crippen molar-refractivity contribution in [1.82, 2.24) is 15.3 Å². The number of nitrogens with zero attached hydrogens (tertiary/aromatic N) is 2. The maximum absolute atomic E-state index is 11.9. The Labute approximate surface area is 131 Å². The van der Waals surface area contributed by atoms with Crippen LogP contribution in [0.1, 0.15) is 23.8 Å². The highest BCUT2D eigenvalue weighted by atomic mass is 32.2. The van der Waals surface area contributed by atoms with Gasteiger partial charge in [-0.2, -0.15) is 0 Å². The van der Waals surface area contributed by atoms with Crippen molar-refractivity contribution in [3.8, 4) is 12.3 Å². The first-order valence-electron chi connectivity index (χ1n) is 6.83. The molecule has 0 saturated heterocycles. The van der Waals surface area contributed by atoms with Crippen LogP contribution in [0.3, 0.4) is 0 Å². The number of hydrogen-bond donors (Lipinski definition) is 1. The second-order valence-corrected chi connectivity index (χ2v) is 7.31. The Morgan fingerprint density at radius 2 is 2.43 bits per heavy atom. The van der Waals surface area contributed by atoms with Crippen LogP contribution in [0.4, 0.5) is 0 Å². The molecule has 1 aliphatic rings. The van der Waals surface area contributed by atoms with Gasteiger partial charge in [0.15, 0.2) is 0 Å². The standard InChI is InChI=1S/C15H15N3OS2/c1-3-7-16-13(19)9(2)20-14-12-10-5-4-6-11(10)21-15(12)18-8-17-14/h1,8-9H,4-7H2,2H3,(H,16,19). The molecule has 2 aromatic heterocycles. The summed E-state index contributed by atoms with van der Waals surface area (Å²) in [5.41, 5.74) is 1.38. The number of carbonyl (C=O) groups is 1. The van der Waals surface area contributed by atoms with Gasteiger partial charge in [-0.25, -0.2) is 9.97 Å². The molecule has 1 aliphatic carbocycles. The van der Waals surface area contributed by atoms with Gasteiger partial charge in [-0.1, -0.05) is 17.7 Å². The fraction of sp³-hybridized carbons (Fsp3) is 0.400. The van der Waals surface area contributed by atoms with Crippen molar-refractivity contribution in [2.75, 3.05) is 6.54 Å². The van der Waals surface area contributed by atoms with Crippen molar-refractivity contribution in [2.45, 2.75) is 36.5 Å². The number of terminal acetylenes is 1. The van der Waals surface area contributed by atoms with Gasteiger partial charge < -0.3 is 5.32 Å². The summed E-state index contributed by atoms with van der Waals surface area (Å²) in [4.78, 5) is 23.2. The second-order valence-electron chi connectivity index (χ2n) is 4.90. The van der Waals surface area contributed by atoms with E-state index in [0.717, 1.165) is 28.1 Å². The molecule has 0 bridgehead atoms. The van der Waals surface area contributed by atoms with Gasteiger partial charge in [-0.15, -0.1) is 17.8 Å². The molecule has 1 N–H and O–H groups in total. The minimum Gasteiger partial charge on any atom is -0.344 e. The summed E-state index contributed by atoms with van der Waals surface area (Å²) in [6.07, 6.45) is 10.2. The molecular weight excluding hydrogens is 302 g/mol. The molecule has 1 unspecified atom stereocenters. The molecular formula is C15H15N3OS2. The fourth-order valence-electron chi connectivity index (χ4n) is 2.49. The van der Waals surface area contributed by atoms with Gasteiger partial charge in [-0.05, 0) is 31.7 Å². The molecule has 0 aliphatic heterocycles. The molecule has 2 heterocycles. The molecule has 1 atom stereocenters. The van der Waals surface area contributed by atoms with E-state index in [1.165, 1.54) is 28.6 Å². The van der Waals surface area contributed by atoms with E-state index in [-0.39, 0.29) is 17.7 Å². The zero-order valence-electron chi connectivity index (χ0n) is 11.7. The Hall–Kier alpha value is -1.58. The number of aromatic nitrogens is 2. The SMILES string of the molecule is C#CCNC(=O)C(C)Sc1ncnc2sc3c(c12)CCC3. The lowest BCUT2D eigenvalue weighted by atomic mass is 10.2. The van der Waals surface area contributed by atoms with Gasteiger partial charge in [0.1, 0.15) is 16.2 Å². The van der Waals surface area contributed by atoms with E-state index < -0.39 is 0 Å². The maximum Gasteiger partial charge on any atom is 0.234 e. The van der Waals surface area contributed by atoms with Gasteiger partial charge in [0, 0.05) is 10.3 Å². The summed E-state index contributed by atoms with van der Waals surface area (Å²) in [7, 11) is 0. The largest absolute Gasteiger partial charge is 0.344 e. The maximum atomic E-state index is 11.9. The molecule has 0 saturated carbocycles. The fourth-order valence-corrected chi connectivity index (χ4v) is 4.76. The van der Waals surface area contributed by atoms with Crippen LogP contribution in [-0.2, 0) is 17.6 Å². The van der Waals surface area contributed by atoms with E-state index in [2.05, 4.69) is 21.2 Å². The number of carbonyl (C=O) groups excluding carboxylic acids is 1. The van der Waals surface area contributed by atoms with Crippen LogP contribution in [0, 0.1) is 12.3 Å². The topological polar surface area (TPSA) is 54.9 Å². The van der Waals surface area contributed by atoms with Gasteiger partial charge in [0.25, 0.3) is 0 Å². The third-order valence-corrected chi connectivity index (χ3v) is 5.79. The summed E-state index contributed by atoms with van der Waals surface area (Å²) in [5.74, 6) is 2.35. The molecule has 0 aromatic carbocycles. The number of nitrogens with one attached hydrogen (secondary N) is 1. The average Bonchev–Trinajstić information content (AvgIpc) is 3.05. The Balaban J connectivity index is 1.87. The molecule has 6 heteroatoms. The van der Waals surface area contributed by atoms with Gasteiger partial charge in [0.2, 0.25) is 5.91 Å². The lowest BCUT2D eigenvalue weighted by molar-refractivity contribution is -0.120. The van der Waals surface area contributed by atoms with Crippen molar-refractivity contribution in [3.63, 3.8) is 0 Å². The highest BCUT2D eigenvalue weighted by Crippen LogP contribution is 2.40. The second kappa shape index (κ2) is 6.04. The summed E-state index contributed by atoms with van der Waals surface area (Å²) in [6.45, 7) is 2.13. The third kappa shape index (κ3) is 2.76. The van der Waals surface area contributed by atoms with E-state index >= 15 is 0 Å². The number of aryl methyl sites for hydroxylation is 2. The van der Waals surface area contributed by atoms with Crippen molar-refractivity contribution in [1.29, 1.82) is 0 Å². The highest BCUT2D eigenvalue weighted by Gasteiger charge is 2.23. The minimum atomic E-state index is -0.228. The molecule has 21 heavy (non-hydrogen) atoms. The van der Waals surface area contributed by atoms with Crippen molar-refractivity contribution in [3.05, 3.63) is 16.8 Å². The lowest BCUT2D eigenvalue weighted by Gasteiger charge is -2.10. The summed E-state index contributed by atoms with van der Waals surface area (Å²) in [5, 5.41) is 4.54. The number of hydrogen-bond acceptors (Lipinski definition) is 5. The molecule has 108 valence electrons. The van der Waals surface area contributed by atoms with Crippen LogP contribution in [0.2, 0.25) is 0 Å². The summed E-state index contributed by atoms with van der Waals surface area (Å²) in [6, 6.07) is 0. The summed E-state index contributed by atoms with van der Waals surface area (Å²) >= 11 is 3.24. The smallest absolute Gasteiger partial charge is 0.234 e. The molecule has 1 amide bonds. The average molecular weight is 317 g/mol. The summed E-state index contributed by atoms with van der Waals surface area (Å²) < 4.78 is 0. The number of thioether (sulfide) groups is 1. The molecule has 0 radical (unpaired) electrons. The Morgan fingerprint density at radius 1 is 1.57 bits per heavy atom. The van der Waals surface area contributed by atoms with E-state index in [0.29, 0.717) is 0 Å². The van der Waals surface area contributed by atoms with Gasteiger partial charge in [-0.3, -0.25) is 4.79 Å². The zero-order valence-corrected chi connectivity index (χ0v) is 13.3. The normalized spacial score (nSPS) is 14.7. The van der Waals surface area contributed by atoms with Crippen LogP contribution in [0.5, 0.6) is 0 Å². The molecule has 3 rings (SSSR count). The van der Waals surface area contributed by atoms with Crippen LogP contribution in [-0.4, -0.2) is 27.7 Å². The van der Waals surface area contributed by atoms with Crippen molar-refractivity contribution in [2.24, 2.45) is 0 Å². The Bertz CT molecular complexity index is 732. The van der Waals surface area contributed by atoms with Crippen LogP contribution < -0.4 is 5.32 Å². The zero-order chi connectivity index (χ0) is 14.8. The first-order chi connectivity index (χ1) is 10.2. The third-order valence-electron chi connectivity index (χ3n) is 3.49. The monoisotopic (exact) mass is 317 g/mol. The molecule has 0 spiro atoms. The van der Waals surface area contributed by atoms with Crippen molar-refractivity contribution >= 4 is 39.2 Å². The molecule has 0 fully saturated rings. The Kier molecular flexibility index (Phi) is 4.13. The first kappa shape index (κ1) is 14.4. The first-order valence-corrected chi connectivity index (χ1v) is 8.53. The minimum absolute atomic E-state index is 0.0587. The molecule has 2 aromatic rings. The van der Waals surface area contributed by atoms with E-state index in [4.69, 9.17) is 6.42 Å². The number of fused-ring (bicyclic) bond motifs is 3. The predicted molar refractivity (Wildman–Crippen MR) is 86.6 cm³/mol. The van der Waals surface area contributed by atoms with Crippen molar-refractivity contribution < 1.29 is 4.79 Å².